The number of aromatic amines is 1. The van der Waals surface area contributed by atoms with Crippen LogP contribution in [0.2, 0.25) is 0 Å². The van der Waals surface area contributed by atoms with E-state index in [-0.39, 0.29) is 55.6 Å². The molecular formula is C15H13N6O2Y-. The van der Waals surface area contributed by atoms with E-state index in [1.807, 2.05) is 0 Å². The van der Waals surface area contributed by atoms with Crippen molar-refractivity contribution in [2.45, 2.75) is 6.54 Å². The fourth-order valence-corrected chi connectivity index (χ4v) is 2.02. The molecule has 1 aromatic carbocycles. The minimum atomic E-state index is -0.430. The van der Waals surface area contributed by atoms with Crippen LogP contribution in [0.5, 0.6) is 0 Å². The second kappa shape index (κ2) is 7.50. The van der Waals surface area contributed by atoms with Crippen LogP contribution in [0.25, 0.3) is 11.2 Å². The number of hydrogen-bond donors (Lipinski definition) is 3. The van der Waals surface area contributed by atoms with Gasteiger partial charge in [0.05, 0.1) is 18.4 Å². The largest absolute Gasteiger partial charge is 0.379 e. The van der Waals surface area contributed by atoms with Crippen molar-refractivity contribution in [3.63, 3.8) is 0 Å². The Balaban J connectivity index is 0.00000208. The molecule has 0 aliphatic heterocycles. The molecule has 24 heavy (non-hydrogen) atoms. The first-order valence-electron chi connectivity index (χ1n) is 6.74. The molecule has 3 rings (SSSR count). The van der Waals surface area contributed by atoms with Crippen LogP contribution in [0.4, 0.5) is 11.6 Å². The van der Waals surface area contributed by atoms with Gasteiger partial charge in [0.25, 0.3) is 5.56 Å². The maximum absolute atomic E-state index is 11.8. The number of ketones is 1. The molecule has 4 N–H and O–H groups in total. The van der Waals surface area contributed by atoms with E-state index in [4.69, 9.17) is 5.73 Å². The Kier molecular flexibility index (Phi) is 5.64. The Bertz CT molecular complexity index is 939. The summed E-state index contributed by atoms with van der Waals surface area (Å²) in [5.74, 6) is -0.231. The van der Waals surface area contributed by atoms with E-state index < -0.39 is 5.56 Å². The van der Waals surface area contributed by atoms with E-state index in [1.54, 1.807) is 24.3 Å². The van der Waals surface area contributed by atoms with Gasteiger partial charge in [-0.15, -0.1) is 17.7 Å². The van der Waals surface area contributed by atoms with Gasteiger partial charge in [0.1, 0.15) is 0 Å². The van der Waals surface area contributed by atoms with Crippen molar-refractivity contribution in [3.05, 3.63) is 59.0 Å². The van der Waals surface area contributed by atoms with E-state index in [0.717, 1.165) is 5.69 Å². The van der Waals surface area contributed by atoms with Crippen molar-refractivity contribution < 1.29 is 37.5 Å². The fourth-order valence-electron chi connectivity index (χ4n) is 2.02. The maximum atomic E-state index is 11.8. The predicted molar refractivity (Wildman–Crippen MR) is 85.8 cm³/mol. The average Bonchev–Trinajstić information content (AvgIpc) is 2.53. The molecule has 0 fully saturated rings. The number of benzene rings is 1. The molecule has 0 spiro atoms. The molecule has 119 valence electrons. The van der Waals surface area contributed by atoms with E-state index in [0.29, 0.717) is 17.8 Å². The molecule has 3 aromatic rings. The number of nitrogens with two attached hydrogens (primary N) is 1. The normalized spacial score (nSPS) is 10.2. The molecule has 8 nitrogen and oxygen atoms in total. The molecule has 9 heteroatoms. The van der Waals surface area contributed by atoms with Crippen molar-refractivity contribution in [2.75, 3.05) is 11.1 Å². The first-order valence-corrected chi connectivity index (χ1v) is 6.74. The minimum Gasteiger partial charge on any atom is -0.379 e. The van der Waals surface area contributed by atoms with Gasteiger partial charge in [0.15, 0.2) is 11.2 Å². The van der Waals surface area contributed by atoms with Crippen molar-refractivity contribution >= 4 is 28.6 Å². The van der Waals surface area contributed by atoms with Gasteiger partial charge in [-0.3, -0.25) is 9.78 Å². The van der Waals surface area contributed by atoms with Crippen LogP contribution in [0.15, 0.2) is 35.3 Å². The van der Waals surface area contributed by atoms with Gasteiger partial charge in [-0.05, 0) is 0 Å². The monoisotopic (exact) mass is 398 g/mol. The molecule has 2 heterocycles. The molecule has 0 saturated carbocycles. The quantitative estimate of drug-likeness (QED) is 0.441. The van der Waals surface area contributed by atoms with Gasteiger partial charge in [-0.2, -0.15) is 11.9 Å². The van der Waals surface area contributed by atoms with Gasteiger partial charge in [-0.1, -0.05) is 12.1 Å². The van der Waals surface area contributed by atoms with E-state index in [2.05, 4.69) is 32.2 Å². The summed E-state index contributed by atoms with van der Waals surface area (Å²) in [6.07, 6.45) is 1.52. The summed E-state index contributed by atoms with van der Waals surface area (Å²) >= 11 is 0. The first-order chi connectivity index (χ1) is 11.0. The van der Waals surface area contributed by atoms with Crippen molar-refractivity contribution in [1.29, 1.82) is 0 Å². The van der Waals surface area contributed by atoms with Crippen LogP contribution < -0.4 is 16.6 Å². The molecular weight excluding hydrogens is 385 g/mol. The molecule has 0 unspecified atom stereocenters. The third kappa shape index (κ3) is 3.95. The minimum absolute atomic E-state index is 0. The third-order valence-corrected chi connectivity index (χ3v) is 3.17. The molecule has 0 saturated heterocycles. The number of nitrogens with one attached hydrogen (secondary N) is 2. The second-order valence-electron chi connectivity index (χ2n) is 4.84. The first kappa shape index (κ1) is 18.0. The van der Waals surface area contributed by atoms with Gasteiger partial charge < -0.3 is 15.8 Å². The van der Waals surface area contributed by atoms with Crippen molar-refractivity contribution in [1.82, 2.24) is 19.9 Å². The summed E-state index contributed by atoms with van der Waals surface area (Å²) in [6, 6.07) is 6.90. The SMILES string of the molecule is [CH2-]C(=O)c1ccc(NCc2cnc3nc(N)[nH]c(=O)c3n2)cc1.[Y]. The number of carbonyl (C=O) groups excluding carboxylic acids is 1. The maximum Gasteiger partial charge on any atom is 0.280 e. The van der Waals surface area contributed by atoms with Crippen LogP contribution in [0, 0.1) is 6.92 Å². The van der Waals surface area contributed by atoms with Gasteiger partial charge >= 0.3 is 0 Å². The molecule has 0 atom stereocenters. The predicted octanol–water partition coefficient (Wildman–Crippen LogP) is 0.922. The van der Waals surface area contributed by atoms with Crippen molar-refractivity contribution in [2.24, 2.45) is 0 Å². The average molecular weight is 398 g/mol. The van der Waals surface area contributed by atoms with E-state index in [1.165, 1.54) is 6.20 Å². The molecule has 0 amide bonds. The Morgan fingerprint density at radius 3 is 2.62 bits per heavy atom. The number of nitrogen functional groups attached to an aromatic ring is 1. The summed E-state index contributed by atoms with van der Waals surface area (Å²) in [4.78, 5) is 37.5. The molecule has 1 radical (unpaired) electrons. The summed E-state index contributed by atoms with van der Waals surface area (Å²) in [5, 5.41) is 3.13. The topological polar surface area (TPSA) is 127 Å². The molecule has 2 aromatic heterocycles. The number of carbonyl (C=O) groups is 1. The van der Waals surface area contributed by atoms with Crippen LogP contribution in [-0.4, -0.2) is 25.7 Å². The Labute approximate surface area is 162 Å². The smallest absolute Gasteiger partial charge is 0.280 e. The number of rotatable bonds is 4. The summed E-state index contributed by atoms with van der Waals surface area (Å²) in [7, 11) is 0. The van der Waals surface area contributed by atoms with E-state index >= 15 is 0 Å². The Morgan fingerprint density at radius 2 is 1.96 bits per heavy atom. The number of hydrogen-bond acceptors (Lipinski definition) is 7. The Morgan fingerprint density at radius 1 is 1.25 bits per heavy atom. The molecule has 0 bridgehead atoms. The number of anilines is 2. The molecule has 0 aliphatic carbocycles. The van der Waals surface area contributed by atoms with Gasteiger partial charge in [-0.25, -0.2) is 9.97 Å². The third-order valence-electron chi connectivity index (χ3n) is 3.17. The summed E-state index contributed by atoms with van der Waals surface area (Å²) in [6.45, 7) is 3.72. The fraction of sp³-hybridized carbons (Fsp3) is 0.0667. The van der Waals surface area contributed by atoms with Crippen LogP contribution in [0.1, 0.15) is 16.1 Å². The summed E-state index contributed by atoms with van der Waals surface area (Å²) in [5.41, 5.74) is 7.28. The zero-order chi connectivity index (χ0) is 16.4. The van der Waals surface area contributed by atoms with Crippen LogP contribution in [0.3, 0.4) is 0 Å². The molecule has 0 aliphatic rings. The standard InChI is InChI=1S/C15H13N6O2.Y/c1-8(22)9-2-4-10(5-3-9)17-6-11-7-18-13-12(19-11)14(23)21-15(16)20-13;/h2-5,7,17H,1,6H2,(H3,16,18,20,21,23);/q-1;. The Hall–Kier alpha value is -2.32. The van der Waals surface area contributed by atoms with Crippen molar-refractivity contribution in [3.8, 4) is 0 Å². The number of Topliss-reactive ketones (excluding diaryl/α,β-unsaturated/α-hetero) is 1. The number of nitrogens with zero attached hydrogens (tertiary/aromatic N) is 3. The number of aromatic nitrogens is 4. The summed E-state index contributed by atoms with van der Waals surface area (Å²) < 4.78 is 0. The van der Waals surface area contributed by atoms with Gasteiger partial charge in [0.2, 0.25) is 5.95 Å². The zero-order valence-electron chi connectivity index (χ0n) is 12.6. The van der Waals surface area contributed by atoms with Gasteiger partial charge in [0, 0.05) is 44.2 Å². The zero-order valence-corrected chi connectivity index (χ0v) is 15.5. The number of H-pyrrole nitrogens is 1. The van der Waals surface area contributed by atoms with Crippen LogP contribution in [-0.2, 0) is 39.3 Å². The second-order valence-corrected chi connectivity index (χ2v) is 4.84. The van der Waals surface area contributed by atoms with E-state index in [9.17, 15) is 9.59 Å². The van der Waals surface area contributed by atoms with Crippen LogP contribution >= 0.6 is 0 Å². The number of fused-ring (bicyclic) bond motifs is 1.